The molecule has 5 heteroatoms. The molecule has 1 aromatic carbocycles. The lowest BCUT2D eigenvalue weighted by molar-refractivity contribution is -0.137. The second-order valence-electron chi connectivity index (χ2n) is 6.36. The van der Waals surface area contributed by atoms with Gasteiger partial charge in [0.25, 0.3) is 0 Å². The minimum atomic E-state index is -0.800. The topological polar surface area (TPSA) is 68.7 Å². The second kappa shape index (κ2) is 8.01. The van der Waals surface area contributed by atoms with E-state index in [1.54, 1.807) is 0 Å². The van der Waals surface area contributed by atoms with Crippen LogP contribution in [-0.2, 0) is 4.79 Å². The summed E-state index contributed by atoms with van der Waals surface area (Å²) in [5.41, 5.74) is 2.88. The van der Waals surface area contributed by atoms with E-state index in [0.717, 1.165) is 35.4 Å². The van der Waals surface area contributed by atoms with Crippen molar-refractivity contribution in [3.63, 3.8) is 0 Å². The fourth-order valence-electron chi connectivity index (χ4n) is 2.68. The van der Waals surface area contributed by atoms with Gasteiger partial charge in [0, 0.05) is 18.1 Å². The van der Waals surface area contributed by atoms with Crippen molar-refractivity contribution < 1.29 is 19.4 Å². The highest BCUT2D eigenvalue weighted by atomic mass is 16.5. The highest BCUT2D eigenvalue weighted by Crippen LogP contribution is 2.28. The SMILES string of the molecule is Cc1cc(-c2cccc(OC3CCC3)n2)ccc1OCCCC(=O)O. The molecule has 1 N–H and O–H groups in total. The van der Waals surface area contributed by atoms with Gasteiger partial charge in [0.05, 0.1) is 12.3 Å². The molecular weight excluding hydrogens is 318 g/mol. The Morgan fingerprint density at radius 2 is 2.12 bits per heavy atom. The highest BCUT2D eigenvalue weighted by molar-refractivity contribution is 5.66. The number of rotatable bonds is 8. The number of hydrogen-bond donors (Lipinski definition) is 1. The van der Waals surface area contributed by atoms with Crippen molar-refractivity contribution in [1.82, 2.24) is 4.98 Å². The average molecular weight is 341 g/mol. The van der Waals surface area contributed by atoms with Crippen LogP contribution in [0.2, 0.25) is 0 Å². The molecule has 0 amide bonds. The minimum absolute atomic E-state index is 0.120. The van der Waals surface area contributed by atoms with E-state index in [1.165, 1.54) is 6.42 Å². The Balaban J connectivity index is 1.65. The van der Waals surface area contributed by atoms with Gasteiger partial charge >= 0.3 is 5.97 Å². The quantitative estimate of drug-likeness (QED) is 0.728. The Morgan fingerprint density at radius 1 is 1.28 bits per heavy atom. The summed E-state index contributed by atoms with van der Waals surface area (Å²) >= 11 is 0. The van der Waals surface area contributed by atoms with Crippen LogP contribution >= 0.6 is 0 Å². The van der Waals surface area contributed by atoms with Crippen LogP contribution in [0.3, 0.4) is 0 Å². The number of aryl methyl sites for hydroxylation is 1. The lowest BCUT2D eigenvalue weighted by Crippen LogP contribution is -2.24. The van der Waals surface area contributed by atoms with E-state index in [4.69, 9.17) is 14.6 Å². The third kappa shape index (κ3) is 4.72. The van der Waals surface area contributed by atoms with Crippen molar-refractivity contribution in [2.45, 2.75) is 45.1 Å². The Morgan fingerprint density at radius 3 is 2.80 bits per heavy atom. The molecule has 0 saturated heterocycles. The maximum Gasteiger partial charge on any atom is 0.303 e. The smallest absolute Gasteiger partial charge is 0.303 e. The fraction of sp³-hybridized carbons (Fsp3) is 0.400. The fourth-order valence-corrected chi connectivity index (χ4v) is 2.68. The molecule has 1 fully saturated rings. The van der Waals surface area contributed by atoms with Crippen LogP contribution in [0.1, 0.15) is 37.7 Å². The van der Waals surface area contributed by atoms with Gasteiger partial charge in [0.2, 0.25) is 5.88 Å². The molecular formula is C20H23NO4. The average Bonchev–Trinajstić information content (AvgIpc) is 2.56. The minimum Gasteiger partial charge on any atom is -0.493 e. The lowest BCUT2D eigenvalue weighted by Gasteiger charge is -2.25. The number of pyridine rings is 1. The van der Waals surface area contributed by atoms with Crippen molar-refractivity contribution in [2.75, 3.05) is 6.61 Å². The second-order valence-corrected chi connectivity index (χ2v) is 6.36. The van der Waals surface area contributed by atoms with Crippen LogP contribution < -0.4 is 9.47 Å². The van der Waals surface area contributed by atoms with E-state index < -0.39 is 5.97 Å². The van der Waals surface area contributed by atoms with Gasteiger partial charge in [-0.3, -0.25) is 4.79 Å². The van der Waals surface area contributed by atoms with Crippen LogP contribution in [0.25, 0.3) is 11.3 Å². The van der Waals surface area contributed by atoms with Gasteiger partial charge in [-0.15, -0.1) is 0 Å². The van der Waals surface area contributed by atoms with Gasteiger partial charge in [0.15, 0.2) is 0 Å². The van der Waals surface area contributed by atoms with Gasteiger partial charge in [-0.1, -0.05) is 6.07 Å². The number of ether oxygens (including phenoxy) is 2. The summed E-state index contributed by atoms with van der Waals surface area (Å²) in [5.74, 6) is 0.649. The van der Waals surface area contributed by atoms with Crippen LogP contribution in [0, 0.1) is 6.92 Å². The van der Waals surface area contributed by atoms with Gasteiger partial charge < -0.3 is 14.6 Å². The third-order valence-corrected chi connectivity index (χ3v) is 4.33. The maximum atomic E-state index is 10.5. The summed E-state index contributed by atoms with van der Waals surface area (Å²) in [6, 6.07) is 11.7. The van der Waals surface area contributed by atoms with Crippen LogP contribution in [-0.4, -0.2) is 28.8 Å². The molecule has 1 saturated carbocycles. The van der Waals surface area contributed by atoms with Crippen molar-refractivity contribution in [2.24, 2.45) is 0 Å². The van der Waals surface area contributed by atoms with Crippen LogP contribution in [0.4, 0.5) is 0 Å². The molecule has 0 spiro atoms. The number of nitrogens with zero attached hydrogens (tertiary/aromatic N) is 1. The number of carboxylic acid groups (broad SMARTS) is 1. The number of aromatic nitrogens is 1. The molecule has 0 atom stereocenters. The van der Waals surface area contributed by atoms with Gasteiger partial charge in [-0.25, -0.2) is 4.98 Å². The molecule has 0 radical (unpaired) electrons. The van der Waals surface area contributed by atoms with Gasteiger partial charge in [-0.2, -0.15) is 0 Å². The first-order valence-corrected chi connectivity index (χ1v) is 8.71. The van der Waals surface area contributed by atoms with E-state index in [0.29, 0.717) is 25.0 Å². The lowest BCUT2D eigenvalue weighted by atomic mass is 9.96. The number of carboxylic acids is 1. The summed E-state index contributed by atoms with van der Waals surface area (Å²) in [6.07, 6.45) is 4.38. The molecule has 1 heterocycles. The predicted molar refractivity (Wildman–Crippen MR) is 95.0 cm³/mol. The largest absolute Gasteiger partial charge is 0.493 e. The molecule has 0 unspecified atom stereocenters. The van der Waals surface area contributed by atoms with Gasteiger partial charge in [-0.05, 0) is 62.4 Å². The van der Waals surface area contributed by atoms with Gasteiger partial charge in [0.1, 0.15) is 11.9 Å². The molecule has 25 heavy (non-hydrogen) atoms. The molecule has 1 aromatic heterocycles. The predicted octanol–water partition coefficient (Wildman–Crippen LogP) is 4.23. The first kappa shape index (κ1) is 17.3. The summed E-state index contributed by atoms with van der Waals surface area (Å²) < 4.78 is 11.5. The first-order chi connectivity index (χ1) is 12.1. The Kier molecular flexibility index (Phi) is 5.53. The van der Waals surface area contributed by atoms with Crippen LogP contribution in [0.5, 0.6) is 11.6 Å². The van der Waals surface area contributed by atoms with Crippen molar-refractivity contribution in [3.8, 4) is 22.9 Å². The monoisotopic (exact) mass is 341 g/mol. The summed E-state index contributed by atoms with van der Waals surface area (Å²) in [6.45, 7) is 2.38. The Bertz CT molecular complexity index is 740. The van der Waals surface area contributed by atoms with E-state index in [9.17, 15) is 4.79 Å². The summed E-state index contributed by atoms with van der Waals surface area (Å²) in [4.78, 5) is 15.1. The third-order valence-electron chi connectivity index (χ3n) is 4.33. The zero-order valence-corrected chi connectivity index (χ0v) is 14.4. The zero-order chi connectivity index (χ0) is 17.6. The van der Waals surface area contributed by atoms with E-state index >= 15 is 0 Å². The van der Waals surface area contributed by atoms with E-state index in [-0.39, 0.29) is 6.42 Å². The molecule has 2 aromatic rings. The van der Waals surface area contributed by atoms with E-state index in [2.05, 4.69) is 4.98 Å². The van der Waals surface area contributed by atoms with Crippen molar-refractivity contribution >= 4 is 5.97 Å². The standard InChI is InChI=1S/C20H23NO4/c1-14-13-15(10-11-18(14)24-12-4-9-20(22)23)17-7-3-8-19(21-17)25-16-5-2-6-16/h3,7-8,10-11,13,16H,2,4-6,9,12H2,1H3,(H,22,23). The highest BCUT2D eigenvalue weighted by Gasteiger charge is 2.19. The number of carbonyl (C=O) groups is 1. The molecule has 5 nitrogen and oxygen atoms in total. The van der Waals surface area contributed by atoms with Crippen molar-refractivity contribution in [1.29, 1.82) is 0 Å². The first-order valence-electron chi connectivity index (χ1n) is 8.71. The molecule has 0 bridgehead atoms. The van der Waals surface area contributed by atoms with Crippen LogP contribution in [0.15, 0.2) is 36.4 Å². The summed E-state index contributed by atoms with van der Waals surface area (Å²) in [7, 11) is 0. The zero-order valence-electron chi connectivity index (χ0n) is 14.4. The number of hydrogen-bond acceptors (Lipinski definition) is 4. The Hall–Kier alpha value is -2.56. The number of benzene rings is 1. The molecule has 0 aliphatic heterocycles. The molecule has 3 rings (SSSR count). The molecule has 1 aliphatic carbocycles. The Labute approximate surface area is 147 Å². The normalized spacial score (nSPS) is 14.0. The summed E-state index contributed by atoms with van der Waals surface area (Å²) in [5, 5.41) is 8.65. The number of aliphatic carboxylic acids is 1. The molecule has 132 valence electrons. The van der Waals surface area contributed by atoms with E-state index in [1.807, 2.05) is 43.3 Å². The molecule has 1 aliphatic rings. The maximum absolute atomic E-state index is 10.5. The van der Waals surface area contributed by atoms with Crippen molar-refractivity contribution in [3.05, 3.63) is 42.0 Å².